The molecule has 15 heteroatoms. The van der Waals surface area contributed by atoms with Crippen LogP contribution >= 0.6 is 62.3 Å². The van der Waals surface area contributed by atoms with Crippen LogP contribution in [0.5, 0.6) is 0 Å². The summed E-state index contributed by atoms with van der Waals surface area (Å²) in [6.07, 6.45) is 1.76. The molecule has 4 aromatic carbocycles. The van der Waals surface area contributed by atoms with Gasteiger partial charge in [0.2, 0.25) is 0 Å². The first-order valence-electron chi connectivity index (χ1n) is 18.3. The highest BCUT2D eigenvalue weighted by atomic mass is 79.9. The Morgan fingerprint density at radius 2 is 1.16 bits per heavy atom. The largest absolute Gasteiger partial charge is 0.378 e. The lowest BCUT2D eigenvalue weighted by Gasteiger charge is -2.29. The van der Waals surface area contributed by atoms with Crippen molar-refractivity contribution >= 4 is 95.8 Å². The van der Waals surface area contributed by atoms with E-state index in [9.17, 15) is 0 Å². The molecular formula is C41H39BrCl4N8O2. The van der Waals surface area contributed by atoms with E-state index < -0.39 is 0 Å². The number of benzene rings is 4. The minimum Gasteiger partial charge on any atom is -0.378 e. The normalized spacial score (nSPS) is 14.8. The van der Waals surface area contributed by atoms with E-state index in [-0.39, 0.29) is 0 Å². The summed E-state index contributed by atoms with van der Waals surface area (Å²) in [5.41, 5.74) is 10.3. The number of hydrogen-bond donors (Lipinski definition) is 1. The molecule has 0 amide bonds. The molecule has 10 nitrogen and oxygen atoms in total. The van der Waals surface area contributed by atoms with Crippen molar-refractivity contribution in [3.05, 3.63) is 120 Å². The van der Waals surface area contributed by atoms with Crippen LogP contribution < -0.4 is 9.80 Å². The van der Waals surface area contributed by atoms with E-state index in [4.69, 9.17) is 65.8 Å². The lowest BCUT2D eigenvalue weighted by atomic mass is 10.1. The molecule has 3 aromatic heterocycles. The van der Waals surface area contributed by atoms with E-state index in [0.29, 0.717) is 33.2 Å². The van der Waals surface area contributed by atoms with Gasteiger partial charge < -0.3 is 28.4 Å². The van der Waals surface area contributed by atoms with E-state index in [1.54, 1.807) is 18.3 Å². The van der Waals surface area contributed by atoms with Gasteiger partial charge in [0.15, 0.2) is 0 Å². The molecular weight excluding hydrogens is 858 g/mol. The van der Waals surface area contributed by atoms with Gasteiger partial charge in [-0.15, -0.1) is 0 Å². The summed E-state index contributed by atoms with van der Waals surface area (Å²) < 4.78 is 16.4. The first-order valence-corrected chi connectivity index (χ1v) is 20.6. The molecule has 2 fully saturated rings. The van der Waals surface area contributed by atoms with Crippen molar-refractivity contribution in [2.24, 2.45) is 0 Å². The third kappa shape index (κ3) is 8.00. The fourth-order valence-corrected chi connectivity index (χ4v) is 8.59. The van der Waals surface area contributed by atoms with Crippen molar-refractivity contribution in [1.29, 1.82) is 0 Å². The molecule has 9 rings (SSSR count). The molecule has 0 unspecified atom stereocenters. The van der Waals surface area contributed by atoms with Crippen molar-refractivity contribution in [2.75, 3.05) is 62.4 Å². The summed E-state index contributed by atoms with van der Waals surface area (Å²) >= 11 is 29.0. The number of hydrogen-bond acceptors (Lipinski definition) is 7. The second-order valence-electron chi connectivity index (χ2n) is 13.7. The number of aromatic nitrogens is 6. The highest BCUT2D eigenvalue weighted by molar-refractivity contribution is 9.10. The molecule has 7 aromatic rings. The van der Waals surface area contributed by atoms with Crippen LogP contribution in [0.3, 0.4) is 0 Å². The van der Waals surface area contributed by atoms with Crippen LogP contribution in [0.25, 0.3) is 33.3 Å². The van der Waals surface area contributed by atoms with Gasteiger partial charge in [-0.25, -0.2) is 9.97 Å². The quantitative estimate of drug-likeness (QED) is 0.170. The Morgan fingerprint density at radius 3 is 1.68 bits per heavy atom. The minimum absolute atomic E-state index is 0.559. The smallest absolute Gasteiger partial charge is 0.107 e. The molecule has 0 bridgehead atoms. The highest BCUT2D eigenvalue weighted by Gasteiger charge is 2.21. The Balaban J connectivity index is 0.000000159. The number of fused-ring (bicyclic) bond motifs is 2. The Labute approximate surface area is 353 Å². The number of nitrogens with zero attached hydrogens (tertiary/aromatic N) is 7. The Kier molecular flexibility index (Phi) is 11.8. The first-order chi connectivity index (χ1) is 27.2. The van der Waals surface area contributed by atoms with E-state index in [1.165, 1.54) is 5.69 Å². The van der Waals surface area contributed by atoms with Crippen molar-refractivity contribution in [1.82, 2.24) is 29.3 Å². The fourth-order valence-electron chi connectivity index (χ4n) is 7.31. The van der Waals surface area contributed by atoms with Crippen LogP contribution in [-0.4, -0.2) is 81.9 Å². The Hall–Kier alpha value is -3.81. The molecule has 0 aliphatic carbocycles. The second kappa shape index (κ2) is 17.0. The number of H-pyrrole nitrogens is 1. The number of anilines is 2. The third-order valence-corrected chi connectivity index (χ3v) is 12.6. The molecule has 0 spiro atoms. The van der Waals surface area contributed by atoms with Crippen molar-refractivity contribution in [3.63, 3.8) is 0 Å². The highest BCUT2D eigenvalue weighted by Crippen LogP contribution is 2.36. The average Bonchev–Trinajstić information content (AvgIpc) is 3.94. The lowest BCUT2D eigenvalue weighted by molar-refractivity contribution is 0.122. The van der Waals surface area contributed by atoms with Gasteiger partial charge >= 0.3 is 0 Å². The molecule has 2 aliphatic heterocycles. The van der Waals surface area contributed by atoms with Crippen molar-refractivity contribution < 1.29 is 9.47 Å². The standard InChI is InChI=1S/C22H21Cl2N5O.C19H18BrCl2N3O/c1-14-26-22-17(19-5-6-25-27-19)11-16(28-7-9-30-10-8-28)12-20(22)29(14)13-15-3-2-4-18(23)21(15)24;1-12-23-19-15(20)9-14(24-5-7-26-8-6-24)10-17(19)25(12)11-13-3-2-4-16(21)18(13)22/h2-6,11-12H,7-10,13H2,1H3,(H,25,27);2-4,9-10H,5-8,11H2,1H3. The van der Waals surface area contributed by atoms with Crippen LogP contribution in [0.15, 0.2) is 77.4 Å². The summed E-state index contributed by atoms with van der Waals surface area (Å²) in [6, 6.07) is 22.2. The first kappa shape index (κ1) is 39.0. The summed E-state index contributed by atoms with van der Waals surface area (Å²) in [6.45, 7) is 11.7. The van der Waals surface area contributed by atoms with Crippen LogP contribution in [0.4, 0.5) is 11.4 Å². The van der Waals surface area contributed by atoms with Crippen molar-refractivity contribution in [3.8, 4) is 11.3 Å². The zero-order chi connectivity index (χ0) is 38.9. The number of morpholine rings is 2. The Bertz CT molecular complexity index is 2510. The number of aryl methyl sites for hydroxylation is 2. The van der Waals surface area contributed by atoms with E-state index >= 15 is 0 Å². The van der Waals surface area contributed by atoms with Gasteiger partial charge in [-0.1, -0.05) is 70.7 Å². The third-order valence-electron chi connectivity index (χ3n) is 10.3. The second-order valence-corrected chi connectivity index (χ2v) is 16.2. The molecule has 5 heterocycles. The van der Waals surface area contributed by atoms with Crippen LogP contribution in [-0.2, 0) is 22.6 Å². The number of rotatable bonds is 7. The van der Waals surface area contributed by atoms with Gasteiger partial charge in [-0.3, -0.25) is 5.10 Å². The van der Waals surface area contributed by atoms with Gasteiger partial charge in [0.1, 0.15) is 17.2 Å². The number of imidazole rings is 2. The van der Waals surface area contributed by atoms with E-state index in [0.717, 1.165) is 119 Å². The molecule has 1 N–H and O–H groups in total. The fraction of sp³-hybridized carbons (Fsp3) is 0.293. The van der Waals surface area contributed by atoms with Crippen LogP contribution in [0.1, 0.15) is 22.8 Å². The van der Waals surface area contributed by atoms with Gasteiger partial charge in [-0.2, -0.15) is 5.10 Å². The summed E-state index contributed by atoms with van der Waals surface area (Å²) in [5.74, 6) is 1.86. The van der Waals surface area contributed by atoms with Gasteiger partial charge in [0.25, 0.3) is 0 Å². The van der Waals surface area contributed by atoms with E-state index in [1.807, 2.05) is 44.2 Å². The van der Waals surface area contributed by atoms with E-state index in [2.05, 4.69) is 69.3 Å². The lowest BCUT2D eigenvalue weighted by Crippen LogP contribution is -2.36. The zero-order valence-corrected chi connectivity index (χ0v) is 35.4. The SMILES string of the molecule is Cc1nc2c(-c3ccn[nH]3)cc(N3CCOCC3)cc2n1Cc1cccc(Cl)c1Cl.Cc1nc2c(Br)cc(N3CCOCC3)cc2n1Cc1cccc(Cl)c1Cl. The summed E-state index contributed by atoms with van der Waals surface area (Å²) in [4.78, 5) is 14.3. The summed E-state index contributed by atoms with van der Waals surface area (Å²) in [7, 11) is 0. The maximum atomic E-state index is 6.48. The van der Waals surface area contributed by atoms with Gasteiger partial charge in [-0.05, 0) is 83.4 Å². The number of aromatic amines is 1. The molecule has 2 aliphatic rings. The molecule has 0 atom stereocenters. The Morgan fingerprint density at radius 1 is 0.661 bits per heavy atom. The van der Waals surface area contributed by atoms with Crippen LogP contribution in [0.2, 0.25) is 20.1 Å². The van der Waals surface area contributed by atoms with Gasteiger partial charge in [0, 0.05) is 53.8 Å². The molecule has 2 saturated heterocycles. The van der Waals surface area contributed by atoms with Crippen molar-refractivity contribution in [2.45, 2.75) is 26.9 Å². The maximum Gasteiger partial charge on any atom is 0.107 e. The topological polar surface area (TPSA) is 89.3 Å². The maximum absolute atomic E-state index is 6.48. The van der Waals surface area contributed by atoms with Gasteiger partial charge in [0.05, 0.1) is 81.9 Å². The summed E-state index contributed by atoms with van der Waals surface area (Å²) in [5, 5.41) is 9.54. The van der Waals surface area contributed by atoms with Crippen LogP contribution in [0, 0.1) is 13.8 Å². The monoisotopic (exact) mass is 894 g/mol. The predicted octanol–water partition coefficient (Wildman–Crippen LogP) is 10.2. The molecule has 0 radical (unpaired) electrons. The average molecular weight is 898 g/mol. The minimum atomic E-state index is 0.559. The number of ether oxygens (including phenoxy) is 2. The molecule has 0 saturated carbocycles. The molecule has 56 heavy (non-hydrogen) atoms. The number of halogens is 5. The number of nitrogens with one attached hydrogen (secondary N) is 1. The predicted molar refractivity (Wildman–Crippen MR) is 231 cm³/mol. The molecule has 290 valence electrons. The zero-order valence-electron chi connectivity index (χ0n) is 30.8.